The number of amides is 2. The van der Waals surface area contributed by atoms with Crippen LogP contribution in [0.1, 0.15) is 31.2 Å². The van der Waals surface area contributed by atoms with Crippen molar-refractivity contribution in [1.29, 1.82) is 0 Å². The number of ether oxygens (including phenoxy) is 1. The Morgan fingerprint density at radius 2 is 2.00 bits per heavy atom. The number of rotatable bonds is 5. The van der Waals surface area contributed by atoms with Crippen LogP contribution in [0.2, 0.25) is 0 Å². The van der Waals surface area contributed by atoms with Gasteiger partial charge in [0.05, 0.1) is 11.4 Å². The van der Waals surface area contributed by atoms with Crippen molar-refractivity contribution in [2.75, 3.05) is 23.9 Å². The van der Waals surface area contributed by atoms with E-state index in [1.165, 1.54) is 17.0 Å². The maximum Gasteiger partial charge on any atom is 0.264 e. The molecule has 6 heteroatoms. The number of nitrogens with one attached hydrogen (secondary N) is 1. The van der Waals surface area contributed by atoms with Crippen LogP contribution in [-0.4, -0.2) is 25.5 Å². The van der Waals surface area contributed by atoms with E-state index in [9.17, 15) is 14.0 Å². The van der Waals surface area contributed by atoms with E-state index in [1.54, 1.807) is 37.4 Å². The first kappa shape index (κ1) is 17.9. The second-order valence-corrected chi connectivity index (χ2v) is 6.30. The van der Waals surface area contributed by atoms with E-state index in [-0.39, 0.29) is 36.6 Å². The number of nitrogens with zero attached hydrogens (tertiary/aromatic N) is 1. The lowest BCUT2D eigenvalue weighted by Crippen LogP contribution is -2.35. The molecule has 3 rings (SSSR count). The summed E-state index contributed by atoms with van der Waals surface area (Å²) in [6.07, 6.45) is 1.04. The fourth-order valence-corrected chi connectivity index (χ4v) is 3.06. The standard InChI is InChI=1S/C20H21FN2O3/c1-3-13(14-7-9-15(21)10-8-14)11-18(24)22-16-5-4-6-17-20(16)26-12-19(25)23(17)2/h4-10,13H,3,11-12H2,1-2H3,(H,22,24). The second kappa shape index (κ2) is 7.56. The zero-order valence-electron chi connectivity index (χ0n) is 14.8. The highest BCUT2D eigenvalue weighted by atomic mass is 19.1. The molecule has 26 heavy (non-hydrogen) atoms. The molecule has 1 aliphatic heterocycles. The maximum atomic E-state index is 13.1. The van der Waals surface area contributed by atoms with Gasteiger partial charge in [-0.05, 0) is 42.2 Å². The summed E-state index contributed by atoms with van der Waals surface area (Å²) in [5.41, 5.74) is 2.10. The fraction of sp³-hybridized carbons (Fsp3) is 0.300. The molecule has 0 aromatic heterocycles. The number of anilines is 2. The quantitative estimate of drug-likeness (QED) is 0.889. The third-order valence-electron chi connectivity index (χ3n) is 4.61. The van der Waals surface area contributed by atoms with Gasteiger partial charge in [0.2, 0.25) is 5.91 Å². The number of para-hydroxylation sites is 1. The summed E-state index contributed by atoms with van der Waals surface area (Å²) in [6.45, 7) is 1.94. The van der Waals surface area contributed by atoms with E-state index < -0.39 is 0 Å². The van der Waals surface area contributed by atoms with Crippen LogP contribution in [0.4, 0.5) is 15.8 Å². The molecule has 0 saturated heterocycles. The molecule has 0 bridgehead atoms. The smallest absolute Gasteiger partial charge is 0.264 e. The Labute approximate surface area is 151 Å². The van der Waals surface area contributed by atoms with Gasteiger partial charge in [0.1, 0.15) is 5.82 Å². The van der Waals surface area contributed by atoms with E-state index in [0.717, 1.165) is 12.0 Å². The predicted octanol–water partition coefficient (Wildman–Crippen LogP) is 3.70. The molecule has 0 spiro atoms. The molecule has 1 aliphatic rings. The minimum absolute atomic E-state index is 0.000285. The number of carbonyl (C=O) groups is 2. The number of likely N-dealkylation sites (N-methyl/N-ethyl adjacent to an activating group) is 1. The molecule has 0 radical (unpaired) electrons. The van der Waals surface area contributed by atoms with Gasteiger partial charge in [-0.1, -0.05) is 25.1 Å². The Kier molecular flexibility index (Phi) is 5.21. The van der Waals surface area contributed by atoms with Crippen LogP contribution < -0.4 is 15.0 Å². The monoisotopic (exact) mass is 356 g/mol. The highest BCUT2D eigenvalue weighted by Gasteiger charge is 2.25. The van der Waals surface area contributed by atoms with Crippen LogP contribution in [-0.2, 0) is 9.59 Å². The largest absolute Gasteiger partial charge is 0.479 e. The minimum Gasteiger partial charge on any atom is -0.479 e. The van der Waals surface area contributed by atoms with Crippen molar-refractivity contribution in [3.05, 3.63) is 53.8 Å². The molecule has 0 fully saturated rings. The molecule has 1 unspecified atom stereocenters. The molecule has 1 heterocycles. The zero-order valence-corrected chi connectivity index (χ0v) is 14.8. The molecule has 136 valence electrons. The fourth-order valence-electron chi connectivity index (χ4n) is 3.06. The predicted molar refractivity (Wildman–Crippen MR) is 98.0 cm³/mol. The second-order valence-electron chi connectivity index (χ2n) is 6.30. The van der Waals surface area contributed by atoms with Gasteiger partial charge in [-0.25, -0.2) is 4.39 Å². The third-order valence-corrected chi connectivity index (χ3v) is 4.61. The van der Waals surface area contributed by atoms with Gasteiger partial charge < -0.3 is 15.0 Å². The van der Waals surface area contributed by atoms with Gasteiger partial charge in [-0.15, -0.1) is 0 Å². The third kappa shape index (κ3) is 3.69. The summed E-state index contributed by atoms with van der Waals surface area (Å²) in [5, 5.41) is 2.88. The van der Waals surface area contributed by atoms with E-state index in [1.807, 2.05) is 6.92 Å². The summed E-state index contributed by atoms with van der Waals surface area (Å²) in [5.74, 6) is -0.0843. The van der Waals surface area contributed by atoms with Gasteiger partial charge in [-0.3, -0.25) is 9.59 Å². The normalized spacial score (nSPS) is 14.4. The number of hydrogen-bond acceptors (Lipinski definition) is 3. The zero-order chi connectivity index (χ0) is 18.7. The Morgan fingerprint density at radius 1 is 1.27 bits per heavy atom. The average Bonchev–Trinajstić information content (AvgIpc) is 2.64. The first-order valence-corrected chi connectivity index (χ1v) is 8.57. The number of hydrogen-bond donors (Lipinski definition) is 1. The van der Waals surface area contributed by atoms with Crippen LogP contribution in [0, 0.1) is 5.82 Å². The molecule has 0 saturated carbocycles. The first-order valence-electron chi connectivity index (χ1n) is 8.57. The van der Waals surface area contributed by atoms with Crippen LogP contribution in [0.5, 0.6) is 5.75 Å². The van der Waals surface area contributed by atoms with Crippen molar-refractivity contribution < 1.29 is 18.7 Å². The van der Waals surface area contributed by atoms with Crippen molar-refractivity contribution in [3.8, 4) is 5.75 Å². The Balaban J connectivity index is 1.74. The van der Waals surface area contributed by atoms with Crippen LogP contribution in [0.25, 0.3) is 0 Å². The van der Waals surface area contributed by atoms with Crippen molar-refractivity contribution in [3.63, 3.8) is 0 Å². The molecule has 2 aromatic carbocycles. The lowest BCUT2D eigenvalue weighted by molar-refractivity contribution is -0.121. The molecular weight excluding hydrogens is 335 g/mol. The summed E-state index contributed by atoms with van der Waals surface area (Å²) in [4.78, 5) is 25.8. The lowest BCUT2D eigenvalue weighted by Gasteiger charge is -2.27. The summed E-state index contributed by atoms with van der Waals surface area (Å²) in [7, 11) is 1.68. The summed E-state index contributed by atoms with van der Waals surface area (Å²) >= 11 is 0. The topological polar surface area (TPSA) is 58.6 Å². The average molecular weight is 356 g/mol. The SMILES string of the molecule is CCC(CC(=O)Nc1cccc2c1OCC(=O)N2C)c1ccc(F)cc1. The minimum atomic E-state index is -0.292. The number of carbonyl (C=O) groups excluding carboxylic acids is 2. The van der Waals surface area contributed by atoms with Crippen molar-refractivity contribution in [1.82, 2.24) is 0 Å². The highest BCUT2D eigenvalue weighted by Crippen LogP contribution is 2.38. The van der Waals surface area contributed by atoms with E-state index in [2.05, 4.69) is 5.32 Å². The van der Waals surface area contributed by atoms with Crippen LogP contribution in [0.15, 0.2) is 42.5 Å². The van der Waals surface area contributed by atoms with E-state index in [0.29, 0.717) is 17.1 Å². The lowest BCUT2D eigenvalue weighted by atomic mass is 9.93. The molecule has 1 N–H and O–H groups in total. The van der Waals surface area contributed by atoms with Crippen molar-refractivity contribution in [2.45, 2.75) is 25.7 Å². The van der Waals surface area contributed by atoms with Gasteiger partial charge >= 0.3 is 0 Å². The summed E-state index contributed by atoms with van der Waals surface area (Å²) in [6, 6.07) is 11.5. The Hall–Kier alpha value is -2.89. The van der Waals surface area contributed by atoms with Crippen LogP contribution in [0.3, 0.4) is 0 Å². The van der Waals surface area contributed by atoms with E-state index >= 15 is 0 Å². The van der Waals surface area contributed by atoms with Gasteiger partial charge in [-0.2, -0.15) is 0 Å². The number of benzene rings is 2. The van der Waals surface area contributed by atoms with E-state index in [4.69, 9.17) is 4.74 Å². The van der Waals surface area contributed by atoms with Crippen molar-refractivity contribution in [2.24, 2.45) is 0 Å². The molecule has 2 amide bonds. The van der Waals surface area contributed by atoms with Crippen LogP contribution >= 0.6 is 0 Å². The molecule has 0 aliphatic carbocycles. The highest BCUT2D eigenvalue weighted by molar-refractivity contribution is 6.01. The van der Waals surface area contributed by atoms with Gasteiger partial charge in [0.15, 0.2) is 12.4 Å². The van der Waals surface area contributed by atoms with Gasteiger partial charge in [0, 0.05) is 13.5 Å². The molecule has 1 atom stereocenters. The van der Waals surface area contributed by atoms with Gasteiger partial charge in [0.25, 0.3) is 5.91 Å². The summed E-state index contributed by atoms with van der Waals surface area (Å²) < 4.78 is 18.6. The number of fused-ring (bicyclic) bond motifs is 1. The van der Waals surface area contributed by atoms with Crippen molar-refractivity contribution >= 4 is 23.2 Å². The Bertz CT molecular complexity index is 820. The first-order chi connectivity index (χ1) is 12.5. The molecule has 5 nitrogen and oxygen atoms in total. The number of halogens is 1. The molecular formula is C20H21FN2O3. The molecule has 2 aromatic rings. The maximum absolute atomic E-state index is 13.1. The Morgan fingerprint density at radius 3 is 2.69 bits per heavy atom.